The van der Waals surface area contributed by atoms with Gasteiger partial charge < -0.3 is 20.6 Å². The molecule has 1 unspecified atom stereocenters. The highest BCUT2D eigenvalue weighted by molar-refractivity contribution is 8.49. The van der Waals surface area contributed by atoms with Gasteiger partial charge in [-0.05, 0) is 57.3 Å². The third-order valence-electron chi connectivity index (χ3n) is 7.49. The quantitative estimate of drug-likeness (QED) is 0.414. The lowest BCUT2D eigenvalue weighted by atomic mass is 10.0. The Bertz CT molecular complexity index is 1070. The second kappa shape index (κ2) is 7.50. The first-order valence-corrected chi connectivity index (χ1v) is 15.4. The van der Waals surface area contributed by atoms with Gasteiger partial charge in [0, 0.05) is 5.56 Å². The number of hydrogen-bond acceptors (Lipinski definition) is 4. The van der Waals surface area contributed by atoms with E-state index in [0.29, 0.717) is 12.4 Å². The van der Waals surface area contributed by atoms with Gasteiger partial charge in [-0.2, -0.15) is 5.10 Å². The number of thiol groups is 1. The number of nitrogens with zero attached hydrogens (tertiary/aromatic N) is 2. The van der Waals surface area contributed by atoms with Crippen molar-refractivity contribution in [2.24, 2.45) is 0 Å². The van der Waals surface area contributed by atoms with Crippen molar-refractivity contribution in [3.63, 3.8) is 0 Å². The van der Waals surface area contributed by atoms with Gasteiger partial charge in [-0.25, -0.2) is 4.79 Å². The van der Waals surface area contributed by atoms with Crippen LogP contribution in [0.25, 0.3) is 0 Å². The predicted molar refractivity (Wildman–Crippen MR) is 135 cm³/mol. The van der Waals surface area contributed by atoms with E-state index < -0.39 is 20.7 Å². The molecule has 3 amide bonds. The van der Waals surface area contributed by atoms with Gasteiger partial charge in [0.05, 0.1) is 35.2 Å². The summed E-state index contributed by atoms with van der Waals surface area (Å²) in [7, 11) is -2.14. The number of H-pyrrole nitrogens is 1. The Hall–Kier alpha value is -2.52. The molecular weight excluding hydrogens is 438 g/mol. The number of carbonyl (C=O) groups is 2. The van der Waals surface area contributed by atoms with Gasteiger partial charge >= 0.3 is 6.03 Å². The molecule has 2 aromatic rings. The van der Waals surface area contributed by atoms with Gasteiger partial charge in [-0.3, -0.25) is 19.1 Å². The molecule has 2 aliphatic rings. The topological polar surface area (TPSA) is 110 Å². The van der Waals surface area contributed by atoms with E-state index in [2.05, 4.69) is 45.9 Å². The van der Waals surface area contributed by atoms with E-state index in [4.69, 9.17) is 0 Å². The molecule has 9 heteroatoms. The summed E-state index contributed by atoms with van der Waals surface area (Å²) in [4.78, 5) is 28.3. The second-order valence-corrected chi connectivity index (χ2v) is 19.7. The molecule has 0 bridgehead atoms. The molecule has 182 valence electrons. The minimum Gasteiger partial charge on any atom is -0.394 e. The zero-order chi connectivity index (χ0) is 24.3. The Kier molecular flexibility index (Phi) is 5.37. The summed E-state index contributed by atoms with van der Waals surface area (Å²) in [5.74, 6) is 0.543. The molecule has 1 aliphatic heterocycles. The maximum atomic E-state index is 13.3. The maximum Gasteiger partial charge on any atom is 0.319 e. The molecule has 1 aromatic heterocycles. The lowest BCUT2D eigenvalue weighted by molar-refractivity contribution is -0.116. The van der Waals surface area contributed by atoms with Crippen molar-refractivity contribution in [3.05, 3.63) is 47.2 Å². The Balaban J connectivity index is 1.52. The van der Waals surface area contributed by atoms with E-state index >= 15 is 0 Å². The Morgan fingerprint density at radius 2 is 1.82 bits per heavy atom. The fourth-order valence-corrected chi connectivity index (χ4v) is 7.73. The van der Waals surface area contributed by atoms with Crippen molar-refractivity contribution in [1.82, 2.24) is 20.4 Å². The van der Waals surface area contributed by atoms with Crippen LogP contribution in [0.5, 0.6) is 0 Å². The van der Waals surface area contributed by atoms with Crippen molar-refractivity contribution < 1.29 is 14.7 Å². The number of aromatic amines is 1. The molecule has 1 fully saturated rings. The van der Waals surface area contributed by atoms with Gasteiger partial charge in [0.15, 0.2) is 5.82 Å². The standard InChI is InChI=1S/C24H37N5O3S/c1-23(2)19-17(14-29(23)22(32)25-18(15-30)16-10-8-7-9-11-16)20(28-27-19)26-21(31)24(12-13-24)33(3,4,5)6/h7-11,18,30,33H,12-15H2,1-6H3,(H,25,32)(H2,26,27,28,31). The largest absolute Gasteiger partial charge is 0.394 e. The number of aliphatic hydroxyl groups is 1. The molecular formula is C24H37N5O3S. The van der Waals surface area contributed by atoms with Crippen LogP contribution in [-0.4, -0.2) is 68.5 Å². The molecule has 2 heterocycles. The molecule has 1 saturated carbocycles. The number of hydrogen-bond donors (Lipinski definition) is 5. The summed E-state index contributed by atoms with van der Waals surface area (Å²) in [5, 5.41) is 23.3. The van der Waals surface area contributed by atoms with Gasteiger partial charge in [0.2, 0.25) is 5.91 Å². The third-order valence-corrected chi connectivity index (χ3v) is 11.6. The molecule has 1 atom stereocenters. The van der Waals surface area contributed by atoms with E-state index in [9.17, 15) is 14.7 Å². The maximum absolute atomic E-state index is 13.3. The summed E-state index contributed by atoms with van der Waals surface area (Å²) in [6.45, 7) is 4.02. The summed E-state index contributed by atoms with van der Waals surface area (Å²) in [6.07, 6.45) is 10.8. The number of amides is 3. The lowest BCUT2D eigenvalue weighted by Gasteiger charge is -2.54. The first-order chi connectivity index (χ1) is 15.3. The average molecular weight is 476 g/mol. The zero-order valence-electron chi connectivity index (χ0n) is 20.4. The van der Waals surface area contributed by atoms with Crippen molar-refractivity contribution in [1.29, 1.82) is 0 Å². The van der Waals surface area contributed by atoms with Crippen LogP contribution in [0.4, 0.5) is 10.6 Å². The molecule has 4 rings (SSSR count). The van der Waals surface area contributed by atoms with E-state index in [1.165, 1.54) is 0 Å². The van der Waals surface area contributed by atoms with Gasteiger partial charge in [-0.1, -0.05) is 30.3 Å². The number of nitrogens with one attached hydrogen (secondary N) is 3. The third kappa shape index (κ3) is 3.91. The number of carbonyl (C=O) groups excluding carboxylic acids is 2. The molecule has 1 aliphatic carbocycles. The summed E-state index contributed by atoms with van der Waals surface area (Å²) >= 11 is 0. The first kappa shape index (κ1) is 23.6. The van der Waals surface area contributed by atoms with Crippen molar-refractivity contribution in [2.75, 3.05) is 36.9 Å². The molecule has 0 radical (unpaired) electrons. The van der Waals surface area contributed by atoms with Crippen LogP contribution in [0, 0.1) is 0 Å². The first-order valence-electron chi connectivity index (χ1n) is 11.4. The Labute approximate surface area is 195 Å². The Morgan fingerprint density at radius 1 is 1.18 bits per heavy atom. The SMILES string of the molecule is CC1(C)c2[nH]nc(NC(=O)C3([SH](C)(C)(C)C)CC3)c2CN1C(=O)NC(CO)c1ccccc1. The van der Waals surface area contributed by atoms with Crippen LogP contribution in [-0.2, 0) is 16.9 Å². The summed E-state index contributed by atoms with van der Waals surface area (Å²) in [5.41, 5.74) is 1.84. The summed E-state index contributed by atoms with van der Waals surface area (Å²) < 4.78 is -0.299. The predicted octanol–water partition coefficient (Wildman–Crippen LogP) is 2.97. The van der Waals surface area contributed by atoms with E-state index in [0.717, 1.165) is 29.7 Å². The summed E-state index contributed by atoms with van der Waals surface area (Å²) in [6, 6.07) is 8.62. The van der Waals surface area contributed by atoms with Gasteiger partial charge in [-0.15, -0.1) is 0 Å². The number of anilines is 1. The van der Waals surface area contributed by atoms with Crippen LogP contribution in [0.15, 0.2) is 30.3 Å². The second-order valence-electron chi connectivity index (χ2n) is 11.7. The zero-order valence-corrected chi connectivity index (χ0v) is 21.3. The minimum atomic E-state index is -2.14. The molecule has 0 spiro atoms. The fourth-order valence-electron chi connectivity index (χ4n) is 4.96. The Morgan fingerprint density at radius 3 is 2.36 bits per heavy atom. The molecule has 0 saturated heterocycles. The van der Waals surface area contributed by atoms with Crippen molar-refractivity contribution >= 4 is 26.9 Å². The molecule has 1 aromatic carbocycles. The van der Waals surface area contributed by atoms with Gasteiger partial charge in [0.25, 0.3) is 0 Å². The number of fused-ring (bicyclic) bond motifs is 1. The monoisotopic (exact) mass is 475 g/mol. The number of urea groups is 1. The van der Waals surface area contributed by atoms with E-state index in [1.54, 1.807) is 4.90 Å². The highest BCUT2D eigenvalue weighted by atomic mass is 32.3. The fraction of sp³-hybridized carbons (Fsp3) is 0.542. The number of rotatable bonds is 6. The highest BCUT2D eigenvalue weighted by Gasteiger charge is 2.61. The molecule has 8 nitrogen and oxygen atoms in total. The van der Waals surface area contributed by atoms with Crippen LogP contribution >= 0.6 is 9.16 Å². The van der Waals surface area contributed by atoms with E-state index in [-0.39, 0.29) is 23.3 Å². The smallest absolute Gasteiger partial charge is 0.319 e. The number of benzene rings is 1. The van der Waals surface area contributed by atoms with Crippen molar-refractivity contribution in [3.8, 4) is 0 Å². The van der Waals surface area contributed by atoms with Crippen LogP contribution in [0.2, 0.25) is 0 Å². The van der Waals surface area contributed by atoms with Crippen LogP contribution in [0.1, 0.15) is 49.6 Å². The highest BCUT2D eigenvalue weighted by Crippen LogP contribution is 2.76. The number of aliphatic hydroxyl groups excluding tert-OH is 1. The van der Waals surface area contributed by atoms with E-state index in [1.807, 2.05) is 44.2 Å². The molecule has 4 N–H and O–H groups in total. The van der Waals surface area contributed by atoms with Crippen LogP contribution in [0.3, 0.4) is 0 Å². The lowest BCUT2D eigenvalue weighted by Crippen LogP contribution is -2.47. The number of aromatic nitrogens is 2. The van der Waals surface area contributed by atoms with Crippen molar-refractivity contribution in [2.45, 2.75) is 49.6 Å². The van der Waals surface area contributed by atoms with Gasteiger partial charge in [0.1, 0.15) is 0 Å². The minimum absolute atomic E-state index is 0.0367. The molecule has 33 heavy (non-hydrogen) atoms. The van der Waals surface area contributed by atoms with Crippen LogP contribution < -0.4 is 10.6 Å². The normalized spacial score (nSPS) is 20.3. The average Bonchev–Trinajstić information content (AvgIpc) is 3.41.